The summed E-state index contributed by atoms with van der Waals surface area (Å²) in [6.45, 7) is 3.25. The quantitative estimate of drug-likeness (QED) is 0.0105. The number of unbranched alkanes of at least 4 members (excludes halogenated alkanes) is 1. The molecule has 0 aliphatic heterocycles. The number of carbonyl (C=O) groups excluding carboxylic acids is 11. The molecule has 0 saturated heterocycles. The molecule has 94 heavy (non-hydrogen) atoms. The van der Waals surface area contributed by atoms with Crippen LogP contribution in [0.1, 0.15) is 88.1 Å². The predicted octanol–water partition coefficient (Wildman–Crippen LogP) is -3.13. The third-order valence-electron chi connectivity index (χ3n) is 15.2. The van der Waals surface area contributed by atoms with Crippen molar-refractivity contribution in [1.82, 2.24) is 62.8 Å². The van der Waals surface area contributed by atoms with E-state index in [0.717, 1.165) is 10.9 Å². The zero-order valence-electron chi connectivity index (χ0n) is 52.8. The molecular formula is C63H88N18O13. The highest BCUT2D eigenvalue weighted by atomic mass is 16.3. The molecule has 0 fully saturated rings. The maximum Gasteiger partial charge on any atom is 0.245 e. The molecule has 0 radical (unpaired) electrons. The van der Waals surface area contributed by atoms with Crippen molar-refractivity contribution in [1.29, 1.82) is 0 Å². The number of hydrogen-bond donors (Lipinski definition) is 18. The summed E-state index contributed by atoms with van der Waals surface area (Å²) >= 11 is 0. The molecule has 3 aromatic carbocycles. The maximum atomic E-state index is 14.7. The number of ketones is 1. The monoisotopic (exact) mass is 1300 g/mol. The number of para-hydroxylation sites is 1. The molecule has 0 spiro atoms. The first kappa shape index (κ1) is 74.5. The molecule has 0 bridgehead atoms. The topological polar surface area (TPSA) is 523 Å². The van der Waals surface area contributed by atoms with E-state index in [9.17, 15) is 63.0 Å². The molecule has 2 heterocycles. The molecule has 9 unspecified atom stereocenters. The number of phenols is 1. The van der Waals surface area contributed by atoms with E-state index in [0.29, 0.717) is 28.8 Å². The average molecular weight is 1310 g/mol. The molecule has 0 aliphatic carbocycles. The van der Waals surface area contributed by atoms with Crippen molar-refractivity contribution in [3.8, 4) is 5.75 Å². The summed E-state index contributed by atoms with van der Waals surface area (Å²) in [6.07, 6.45) is 3.55. The van der Waals surface area contributed by atoms with Crippen LogP contribution in [-0.4, -0.2) is 177 Å². The fourth-order valence-electron chi connectivity index (χ4n) is 9.80. The number of carbonyl (C=O) groups is 11. The van der Waals surface area contributed by atoms with Gasteiger partial charge in [0.05, 0.1) is 31.6 Å². The maximum absolute atomic E-state index is 14.7. The number of rotatable bonds is 40. The Morgan fingerprint density at radius 1 is 0.564 bits per heavy atom. The zero-order valence-corrected chi connectivity index (χ0v) is 52.8. The second kappa shape index (κ2) is 37.9. The highest BCUT2D eigenvalue weighted by molar-refractivity contribution is 5.99. The molecule has 10 amide bonds. The number of aromatic nitrogens is 3. The van der Waals surface area contributed by atoms with E-state index in [4.69, 9.17) is 28.7 Å². The molecule has 31 nitrogen and oxygen atoms in total. The van der Waals surface area contributed by atoms with Crippen molar-refractivity contribution in [2.75, 3.05) is 26.2 Å². The average Bonchev–Trinajstić information content (AvgIpc) is 1.67. The number of aliphatic hydroxyl groups excluding tert-OH is 1. The van der Waals surface area contributed by atoms with Crippen LogP contribution in [0.5, 0.6) is 5.75 Å². The van der Waals surface area contributed by atoms with Gasteiger partial charge in [-0.05, 0) is 99.2 Å². The van der Waals surface area contributed by atoms with Gasteiger partial charge < -0.3 is 96.7 Å². The van der Waals surface area contributed by atoms with Gasteiger partial charge in [0.2, 0.25) is 59.1 Å². The molecule has 0 aliphatic rings. The number of benzene rings is 3. The van der Waals surface area contributed by atoms with Gasteiger partial charge in [-0.15, -0.1) is 0 Å². The SMILES string of the molecule is CC(=O)C(Cc1ccc(O)cc1)NC(=O)CNC(=O)C(Cc1ccccc1)NC(=O)C(Cc1cnc[nH]1)NC(=O)C(CCCN=C(N)N)NC(=O)C(CCCCN)NC(=O)C(CCC(N)=O)NC(=O)C(CO)NC(=O)C(Cc1c[nH]c2ccccc12)NC(=O)C(N)C(C)C. The van der Waals surface area contributed by atoms with Crippen molar-refractivity contribution in [3.05, 3.63) is 120 Å². The molecule has 2 aromatic heterocycles. The Morgan fingerprint density at radius 2 is 1.09 bits per heavy atom. The minimum Gasteiger partial charge on any atom is -0.508 e. The van der Waals surface area contributed by atoms with Crippen LogP contribution in [0.4, 0.5) is 0 Å². The minimum absolute atomic E-state index is 0.0124. The van der Waals surface area contributed by atoms with Crippen LogP contribution < -0.4 is 76.5 Å². The zero-order chi connectivity index (χ0) is 68.9. The number of aromatic hydroxyl groups is 1. The molecule has 0 saturated carbocycles. The van der Waals surface area contributed by atoms with Gasteiger partial charge in [-0.1, -0.05) is 74.5 Å². The van der Waals surface area contributed by atoms with Gasteiger partial charge in [0.25, 0.3) is 0 Å². The number of imidazole rings is 1. The van der Waals surface area contributed by atoms with Crippen LogP contribution in [0.3, 0.4) is 0 Å². The number of guanidine groups is 1. The summed E-state index contributed by atoms with van der Waals surface area (Å²) in [5, 5.41) is 44.3. The summed E-state index contributed by atoms with van der Waals surface area (Å²) in [7, 11) is 0. The van der Waals surface area contributed by atoms with Gasteiger partial charge in [0.1, 0.15) is 48.0 Å². The number of aliphatic hydroxyl groups is 1. The smallest absolute Gasteiger partial charge is 0.245 e. The van der Waals surface area contributed by atoms with E-state index in [1.54, 1.807) is 68.6 Å². The van der Waals surface area contributed by atoms with E-state index in [1.165, 1.54) is 31.6 Å². The van der Waals surface area contributed by atoms with Gasteiger partial charge in [-0.25, -0.2) is 4.98 Å². The Hall–Kier alpha value is -10.3. The lowest BCUT2D eigenvalue weighted by atomic mass is 10.0. The number of fused-ring (bicyclic) bond motifs is 1. The second-order valence-electron chi connectivity index (χ2n) is 23.0. The van der Waals surface area contributed by atoms with Crippen molar-refractivity contribution >= 4 is 81.7 Å². The standard InChI is InChI=1S/C63H88N18O13/c1-35(2)54(66)62(94)80-49(28-39-30-71-43-15-8-7-14-42(39)43)59(91)81-51(33-82)61(93)77-46(22-23-52(65)85)58(90)75-44(16-9-10-24-64)56(88)76-45(17-11-25-70-63(67)68)57(89)79-50(29-40-31-69-34-73-40)60(92)78-48(27-37-12-5-4-6-13-37)55(87)72-32-53(86)74-47(36(3)83)26-38-18-20-41(84)21-19-38/h4-8,12-15,18-21,30-31,34-35,44-51,54,71,82,84H,9-11,16-17,22-29,32-33,64,66H2,1-3H3,(H2,65,85)(H,69,73)(H,72,87)(H,74,86)(H,75,90)(H,76,88)(H,77,93)(H,78,92)(H,79,89)(H,80,94)(H,81,91)(H4,67,68,70). The number of nitrogens with one attached hydrogen (secondary N) is 11. The number of phenolic OH excluding ortho intramolecular Hbond substituents is 1. The number of nitrogens with two attached hydrogens (primary N) is 5. The summed E-state index contributed by atoms with van der Waals surface area (Å²) in [4.78, 5) is 166. The lowest BCUT2D eigenvalue weighted by Crippen LogP contribution is -2.61. The Kier molecular flexibility index (Phi) is 30.0. The van der Waals surface area contributed by atoms with E-state index in [2.05, 4.69) is 67.8 Å². The van der Waals surface area contributed by atoms with E-state index in [-0.39, 0.29) is 87.9 Å². The fourth-order valence-corrected chi connectivity index (χ4v) is 9.80. The van der Waals surface area contributed by atoms with Crippen LogP contribution in [0.25, 0.3) is 10.9 Å². The van der Waals surface area contributed by atoms with E-state index in [1.807, 2.05) is 18.2 Å². The van der Waals surface area contributed by atoms with Gasteiger partial charge in [0.15, 0.2) is 11.7 Å². The molecule has 5 rings (SSSR count). The summed E-state index contributed by atoms with van der Waals surface area (Å²) in [5.74, 6) is -9.79. The Bertz CT molecular complexity index is 3380. The summed E-state index contributed by atoms with van der Waals surface area (Å²) < 4.78 is 0. The lowest BCUT2D eigenvalue weighted by Gasteiger charge is -2.28. The van der Waals surface area contributed by atoms with Crippen LogP contribution in [0.2, 0.25) is 0 Å². The largest absolute Gasteiger partial charge is 0.508 e. The summed E-state index contributed by atoms with van der Waals surface area (Å²) in [5.41, 5.74) is 31.6. The fraction of sp³-hybridized carbons (Fsp3) is 0.444. The number of Topliss-reactive ketones (excluding diaryl/α,β-unsaturated/α-hetero) is 1. The normalized spacial score (nSPS) is 14.0. The third-order valence-corrected chi connectivity index (χ3v) is 15.2. The number of primary amides is 1. The van der Waals surface area contributed by atoms with Crippen molar-refractivity contribution in [3.63, 3.8) is 0 Å². The first-order valence-electron chi connectivity index (χ1n) is 30.8. The highest BCUT2D eigenvalue weighted by Crippen LogP contribution is 2.20. The predicted molar refractivity (Wildman–Crippen MR) is 347 cm³/mol. The lowest BCUT2D eigenvalue weighted by molar-refractivity contribution is -0.136. The van der Waals surface area contributed by atoms with Crippen molar-refractivity contribution < 1.29 is 63.0 Å². The molecule has 23 N–H and O–H groups in total. The van der Waals surface area contributed by atoms with Crippen LogP contribution in [0.15, 0.2) is 103 Å². The molecule has 31 heteroatoms. The summed E-state index contributed by atoms with van der Waals surface area (Å²) in [6, 6.07) is 9.30. The van der Waals surface area contributed by atoms with E-state index >= 15 is 0 Å². The molecule has 9 atom stereocenters. The Morgan fingerprint density at radius 3 is 1.66 bits per heavy atom. The van der Waals surface area contributed by atoms with Crippen molar-refractivity contribution in [2.45, 2.75) is 146 Å². The van der Waals surface area contributed by atoms with Crippen LogP contribution in [0, 0.1) is 5.92 Å². The molecular weight excluding hydrogens is 1220 g/mol. The number of hydrogen-bond acceptors (Lipinski definition) is 17. The van der Waals surface area contributed by atoms with Crippen molar-refractivity contribution in [2.24, 2.45) is 39.6 Å². The van der Waals surface area contributed by atoms with E-state index < -0.39 is 139 Å². The first-order valence-corrected chi connectivity index (χ1v) is 30.8. The first-order chi connectivity index (χ1) is 44.8. The number of H-pyrrole nitrogens is 2. The minimum atomic E-state index is -1.75. The van der Waals surface area contributed by atoms with Gasteiger partial charge in [0, 0.05) is 61.2 Å². The van der Waals surface area contributed by atoms with Gasteiger partial charge in [-0.3, -0.25) is 57.7 Å². The Labute approximate surface area is 542 Å². The third kappa shape index (κ3) is 24.7. The number of aromatic amines is 2. The highest BCUT2D eigenvalue weighted by Gasteiger charge is 2.36. The van der Waals surface area contributed by atoms with Crippen LogP contribution in [-0.2, 0) is 78.4 Å². The molecule has 5 aromatic rings. The second-order valence-corrected chi connectivity index (χ2v) is 23.0. The Balaban J connectivity index is 1.36. The molecule has 508 valence electrons. The van der Waals surface area contributed by atoms with Crippen LogP contribution >= 0.6 is 0 Å². The van der Waals surface area contributed by atoms with Gasteiger partial charge >= 0.3 is 0 Å². The number of aliphatic imine (C=N–C) groups is 1. The van der Waals surface area contributed by atoms with Gasteiger partial charge in [-0.2, -0.15) is 0 Å². The number of nitrogens with zero attached hydrogens (tertiary/aromatic N) is 2. The number of amides is 10.